The van der Waals surface area contributed by atoms with Gasteiger partial charge in [-0.05, 0) is 51.1 Å². The molecule has 26 heavy (non-hydrogen) atoms. The second kappa shape index (κ2) is 9.19. The number of esters is 1. The molecule has 0 aliphatic rings. The minimum Gasteiger partial charge on any atom is -0.497 e. The van der Waals surface area contributed by atoms with Gasteiger partial charge in [0.1, 0.15) is 5.75 Å². The van der Waals surface area contributed by atoms with E-state index in [0.717, 1.165) is 11.4 Å². The average molecular weight is 375 g/mol. The van der Waals surface area contributed by atoms with Crippen molar-refractivity contribution in [1.82, 2.24) is 9.97 Å². The van der Waals surface area contributed by atoms with Crippen molar-refractivity contribution in [3.8, 4) is 5.75 Å². The third-order valence-corrected chi connectivity index (χ3v) is 4.14. The first kappa shape index (κ1) is 19.7. The summed E-state index contributed by atoms with van der Waals surface area (Å²) in [5.41, 5.74) is 2.26. The van der Waals surface area contributed by atoms with Crippen LogP contribution in [0, 0.1) is 13.8 Å². The molecule has 2 aromatic rings. The lowest BCUT2D eigenvalue weighted by atomic mass is 10.3. The Balaban J connectivity index is 1.82. The summed E-state index contributed by atoms with van der Waals surface area (Å²) < 4.78 is 10.2. The number of thioether (sulfide) groups is 1. The van der Waals surface area contributed by atoms with Gasteiger partial charge >= 0.3 is 5.97 Å². The maximum atomic E-state index is 12.1. The standard InChI is InChI=1S/C18H21N3O4S/c1-11-9-12(2)20-18(19-11)26-10-16(22)25-13(3)17(23)21-14-5-7-15(24-4)8-6-14/h5-9,13H,10H2,1-4H3,(H,21,23)/t13-/m0/s1. The third kappa shape index (κ3) is 6.03. The summed E-state index contributed by atoms with van der Waals surface area (Å²) in [6.45, 7) is 5.25. The van der Waals surface area contributed by atoms with Crippen LogP contribution in [0.2, 0.25) is 0 Å². The monoisotopic (exact) mass is 375 g/mol. The molecule has 0 aliphatic carbocycles. The fourth-order valence-corrected chi connectivity index (χ4v) is 2.82. The Morgan fingerprint density at radius 3 is 2.35 bits per heavy atom. The number of carbonyl (C=O) groups excluding carboxylic acids is 2. The number of benzene rings is 1. The molecule has 1 atom stereocenters. The van der Waals surface area contributed by atoms with Gasteiger partial charge in [0.25, 0.3) is 5.91 Å². The van der Waals surface area contributed by atoms with Crippen LogP contribution in [0.5, 0.6) is 5.75 Å². The zero-order valence-corrected chi connectivity index (χ0v) is 15.9. The van der Waals surface area contributed by atoms with Crippen LogP contribution in [0.25, 0.3) is 0 Å². The highest BCUT2D eigenvalue weighted by atomic mass is 32.2. The highest BCUT2D eigenvalue weighted by Gasteiger charge is 2.18. The third-order valence-electron chi connectivity index (χ3n) is 3.32. The molecule has 0 aliphatic heterocycles. The van der Waals surface area contributed by atoms with Crippen LogP contribution in [0.3, 0.4) is 0 Å². The van der Waals surface area contributed by atoms with Crippen molar-refractivity contribution >= 4 is 29.3 Å². The number of rotatable bonds is 7. The van der Waals surface area contributed by atoms with Gasteiger partial charge in [-0.3, -0.25) is 9.59 Å². The number of hydrogen-bond donors (Lipinski definition) is 1. The molecule has 2 rings (SSSR count). The van der Waals surface area contributed by atoms with Gasteiger partial charge in [0.2, 0.25) is 0 Å². The Hall–Kier alpha value is -2.61. The molecule has 0 fully saturated rings. The quantitative estimate of drug-likeness (QED) is 0.452. The van der Waals surface area contributed by atoms with Crippen molar-refractivity contribution in [3.63, 3.8) is 0 Å². The zero-order chi connectivity index (χ0) is 19.1. The summed E-state index contributed by atoms with van der Waals surface area (Å²) in [4.78, 5) is 32.5. The molecule has 0 saturated carbocycles. The van der Waals surface area contributed by atoms with E-state index in [1.165, 1.54) is 18.7 Å². The molecular weight excluding hydrogens is 354 g/mol. The highest BCUT2D eigenvalue weighted by Crippen LogP contribution is 2.16. The second-order valence-corrected chi connectivity index (χ2v) is 6.51. The summed E-state index contributed by atoms with van der Waals surface area (Å²) in [5, 5.41) is 3.19. The average Bonchev–Trinajstić information content (AvgIpc) is 2.59. The lowest BCUT2D eigenvalue weighted by Crippen LogP contribution is -2.30. The summed E-state index contributed by atoms with van der Waals surface area (Å²) >= 11 is 1.18. The van der Waals surface area contributed by atoms with Gasteiger partial charge in [-0.1, -0.05) is 11.8 Å². The normalized spacial score (nSPS) is 11.5. The first-order chi connectivity index (χ1) is 12.4. The van der Waals surface area contributed by atoms with Crippen molar-refractivity contribution in [1.29, 1.82) is 0 Å². The van der Waals surface area contributed by atoms with Crippen LogP contribution in [0.15, 0.2) is 35.5 Å². The number of ether oxygens (including phenoxy) is 2. The topological polar surface area (TPSA) is 90.4 Å². The summed E-state index contributed by atoms with van der Waals surface area (Å²) in [7, 11) is 1.57. The fourth-order valence-electron chi connectivity index (χ4n) is 2.08. The number of nitrogens with zero attached hydrogens (tertiary/aromatic N) is 2. The molecule has 1 heterocycles. The number of nitrogens with one attached hydrogen (secondary N) is 1. The largest absolute Gasteiger partial charge is 0.497 e. The Morgan fingerprint density at radius 1 is 1.15 bits per heavy atom. The maximum absolute atomic E-state index is 12.1. The summed E-state index contributed by atoms with van der Waals surface area (Å²) in [5.74, 6) is -0.192. The number of methoxy groups -OCH3 is 1. The van der Waals surface area contributed by atoms with Gasteiger partial charge in [0, 0.05) is 17.1 Å². The van der Waals surface area contributed by atoms with E-state index >= 15 is 0 Å². The first-order valence-corrected chi connectivity index (χ1v) is 8.95. The Bertz CT molecular complexity index is 760. The Morgan fingerprint density at radius 2 is 1.77 bits per heavy atom. The fraction of sp³-hybridized carbons (Fsp3) is 0.333. The molecule has 1 aromatic carbocycles. The van der Waals surface area contributed by atoms with Crippen molar-refractivity contribution in [2.24, 2.45) is 0 Å². The van der Waals surface area contributed by atoms with Gasteiger partial charge in [0.05, 0.1) is 12.9 Å². The van der Waals surface area contributed by atoms with Crippen molar-refractivity contribution in [2.45, 2.75) is 32.0 Å². The molecule has 1 amide bonds. The molecule has 1 aromatic heterocycles. The van der Waals surface area contributed by atoms with Crippen molar-refractivity contribution < 1.29 is 19.1 Å². The van der Waals surface area contributed by atoms with E-state index in [1.807, 2.05) is 19.9 Å². The van der Waals surface area contributed by atoms with Gasteiger partial charge in [0.15, 0.2) is 11.3 Å². The first-order valence-electron chi connectivity index (χ1n) is 7.97. The van der Waals surface area contributed by atoms with E-state index in [0.29, 0.717) is 16.6 Å². The van der Waals surface area contributed by atoms with Crippen LogP contribution in [0.1, 0.15) is 18.3 Å². The minimum atomic E-state index is -0.912. The van der Waals surface area contributed by atoms with E-state index in [4.69, 9.17) is 9.47 Å². The molecule has 0 radical (unpaired) electrons. The minimum absolute atomic E-state index is 0.0308. The molecule has 0 saturated heterocycles. The Kier molecular flexibility index (Phi) is 6.97. The van der Waals surface area contributed by atoms with E-state index in [-0.39, 0.29) is 5.75 Å². The number of carbonyl (C=O) groups is 2. The number of hydrogen-bond acceptors (Lipinski definition) is 7. The molecular formula is C18H21N3O4S. The second-order valence-electron chi connectivity index (χ2n) is 5.57. The van der Waals surface area contributed by atoms with E-state index in [2.05, 4.69) is 15.3 Å². The molecule has 0 spiro atoms. The van der Waals surface area contributed by atoms with Crippen LogP contribution in [-0.4, -0.2) is 40.8 Å². The lowest BCUT2D eigenvalue weighted by molar-refractivity contribution is -0.150. The molecule has 8 heteroatoms. The number of aromatic nitrogens is 2. The predicted molar refractivity (Wildman–Crippen MR) is 99.4 cm³/mol. The van der Waals surface area contributed by atoms with Gasteiger partial charge in [-0.15, -0.1) is 0 Å². The SMILES string of the molecule is COc1ccc(NC(=O)[C@H](C)OC(=O)CSc2nc(C)cc(C)n2)cc1. The van der Waals surface area contributed by atoms with E-state index in [9.17, 15) is 9.59 Å². The molecule has 1 N–H and O–H groups in total. The predicted octanol–water partition coefficient (Wildman–Crippen LogP) is 2.76. The van der Waals surface area contributed by atoms with Gasteiger partial charge < -0.3 is 14.8 Å². The molecule has 138 valence electrons. The zero-order valence-electron chi connectivity index (χ0n) is 15.1. The molecule has 0 unspecified atom stereocenters. The number of aryl methyl sites for hydroxylation is 2. The summed E-state index contributed by atoms with van der Waals surface area (Å²) in [6, 6.07) is 8.73. The summed E-state index contributed by atoms with van der Waals surface area (Å²) in [6.07, 6.45) is -0.912. The maximum Gasteiger partial charge on any atom is 0.317 e. The van der Waals surface area contributed by atoms with Crippen LogP contribution in [0.4, 0.5) is 5.69 Å². The van der Waals surface area contributed by atoms with Crippen molar-refractivity contribution in [2.75, 3.05) is 18.2 Å². The highest BCUT2D eigenvalue weighted by molar-refractivity contribution is 7.99. The van der Waals surface area contributed by atoms with E-state index < -0.39 is 18.0 Å². The van der Waals surface area contributed by atoms with Crippen LogP contribution < -0.4 is 10.1 Å². The van der Waals surface area contributed by atoms with Gasteiger partial charge in [-0.25, -0.2) is 9.97 Å². The molecule has 7 nitrogen and oxygen atoms in total. The van der Waals surface area contributed by atoms with Crippen LogP contribution >= 0.6 is 11.8 Å². The molecule has 0 bridgehead atoms. The Labute approximate surface area is 156 Å². The smallest absolute Gasteiger partial charge is 0.317 e. The van der Waals surface area contributed by atoms with Crippen LogP contribution in [-0.2, 0) is 14.3 Å². The number of amides is 1. The van der Waals surface area contributed by atoms with Gasteiger partial charge in [-0.2, -0.15) is 0 Å². The number of anilines is 1. The van der Waals surface area contributed by atoms with E-state index in [1.54, 1.807) is 31.4 Å². The lowest BCUT2D eigenvalue weighted by Gasteiger charge is -2.13. The van der Waals surface area contributed by atoms with Crippen molar-refractivity contribution in [3.05, 3.63) is 41.7 Å².